The van der Waals surface area contributed by atoms with Crippen LogP contribution in [0.1, 0.15) is 29.5 Å². The lowest BCUT2D eigenvalue weighted by molar-refractivity contribution is 0.0621. The molecule has 1 aromatic carbocycles. The molecule has 3 heteroatoms. The Bertz CT molecular complexity index is 582. The zero-order valence-electron chi connectivity index (χ0n) is 10.1. The molecule has 3 N–H and O–H groups in total. The van der Waals surface area contributed by atoms with Gasteiger partial charge in [0.2, 0.25) is 0 Å². The first-order chi connectivity index (χ1) is 8.72. The Morgan fingerprint density at radius 1 is 1.11 bits per heavy atom. The highest BCUT2D eigenvalue weighted by Crippen LogP contribution is 2.41. The molecule has 0 spiro atoms. The fourth-order valence-corrected chi connectivity index (χ4v) is 2.86. The minimum Gasteiger partial charge on any atom is -0.383 e. The van der Waals surface area contributed by atoms with Crippen molar-refractivity contribution in [3.05, 3.63) is 59.3 Å². The molecule has 2 aromatic rings. The summed E-state index contributed by atoms with van der Waals surface area (Å²) in [4.78, 5) is 4.09. The molecule has 0 aliphatic heterocycles. The zero-order chi connectivity index (χ0) is 12.6. The molecule has 92 valence electrons. The number of nitrogen functional groups attached to an aromatic ring is 1. The van der Waals surface area contributed by atoms with E-state index in [1.165, 1.54) is 5.56 Å². The average molecular weight is 240 g/mol. The molecule has 0 radical (unpaired) electrons. The summed E-state index contributed by atoms with van der Waals surface area (Å²) in [6, 6.07) is 11.7. The van der Waals surface area contributed by atoms with Crippen LogP contribution in [0.2, 0.25) is 0 Å². The quantitative estimate of drug-likeness (QED) is 0.803. The Kier molecular flexibility index (Phi) is 2.56. The number of pyridine rings is 1. The average Bonchev–Trinajstić information content (AvgIpc) is 2.40. The number of anilines is 1. The van der Waals surface area contributed by atoms with Crippen LogP contribution in [0.4, 0.5) is 5.82 Å². The second-order valence-corrected chi connectivity index (χ2v) is 4.81. The van der Waals surface area contributed by atoms with Crippen molar-refractivity contribution >= 4 is 5.82 Å². The van der Waals surface area contributed by atoms with Crippen LogP contribution < -0.4 is 5.73 Å². The first kappa shape index (κ1) is 11.2. The van der Waals surface area contributed by atoms with E-state index in [1.54, 1.807) is 6.20 Å². The Morgan fingerprint density at radius 2 is 1.89 bits per heavy atom. The van der Waals surface area contributed by atoms with Crippen LogP contribution in [0.25, 0.3) is 0 Å². The van der Waals surface area contributed by atoms with Crippen molar-refractivity contribution in [1.29, 1.82) is 0 Å². The normalized spacial score (nSPS) is 22.5. The highest BCUT2D eigenvalue weighted by atomic mass is 16.3. The molecule has 0 fully saturated rings. The minimum atomic E-state index is -0.993. The van der Waals surface area contributed by atoms with Crippen molar-refractivity contribution in [2.45, 2.75) is 24.9 Å². The van der Waals surface area contributed by atoms with E-state index in [0.717, 1.165) is 24.0 Å². The van der Waals surface area contributed by atoms with Gasteiger partial charge in [0.1, 0.15) is 11.4 Å². The van der Waals surface area contributed by atoms with Crippen LogP contribution in [-0.2, 0) is 12.0 Å². The molecule has 18 heavy (non-hydrogen) atoms. The van der Waals surface area contributed by atoms with Crippen LogP contribution in [0, 0.1) is 0 Å². The highest BCUT2D eigenvalue weighted by Gasteiger charge is 2.37. The van der Waals surface area contributed by atoms with Gasteiger partial charge in [0.15, 0.2) is 0 Å². The highest BCUT2D eigenvalue weighted by molar-refractivity contribution is 5.51. The number of benzene rings is 1. The Hall–Kier alpha value is -1.87. The molecular weight excluding hydrogens is 224 g/mol. The van der Waals surface area contributed by atoms with Crippen molar-refractivity contribution in [3.63, 3.8) is 0 Å². The van der Waals surface area contributed by atoms with Gasteiger partial charge in [-0.25, -0.2) is 4.98 Å². The van der Waals surface area contributed by atoms with E-state index < -0.39 is 5.60 Å². The topological polar surface area (TPSA) is 59.1 Å². The molecule has 1 atom stereocenters. The number of aryl methyl sites for hydroxylation is 1. The van der Waals surface area contributed by atoms with Crippen molar-refractivity contribution in [3.8, 4) is 0 Å². The second-order valence-electron chi connectivity index (χ2n) is 4.81. The summed E-state index contributed by atoms with van der Waals surface area (Å²) in [5.41, 5.74) is 7.82. The van der Waals surface area contributed by atoms with Gasteiger partial charge in [0, 0.05) is 11.8 Å². The van der Waals surface area contributed by atoms with E-state index in [-0.39, 0.29) is 0 Å². The Balaban J connectivity index is 2.20. The van der Waals surface area contributed by atoms with Crippen LogP contribution in [0.5, 0.6) is 0 Å². The van der Waals surface area contributed by atoms with Crippen molar-refractivity contribution in [2.75, 3.05) is 5.73 Å². The van der Waals surface area contributed by atoms with E-state index in [9.17, 15) is 5.11 Å². The molecular formula is C15H16N2O. The maximum Gasteiger partial charge on any atom is 0.129 e. The molecule has 1 heterocycles. The minimum absolute atomic E-state index is 0.414. The number of nitrogens with two attached hydrogens (primary N) is 1. The van der Waals surface area contributed by atoms with Crippen molar-refractivity contribution in [1.82, 2.24) is 4.98 Å². The van der Waals surface area contributed by atoms with E-state index >= 15 is 0 Å². The fraction of sp³-hybridized carbons (Fsp3) is 0.267. The van der Waals surface area contributed by atoms with Crippen molar-refractivity contribution < 1.29 is 5.11 Å². The van der Waals surface area contributed by atoms with Gasteiger partial charge in [0.05, 0.1) is 0 Å². The third kappa shape index (κ3) is 1.59. The third-order valence-corrected chi connectivity index (χ3v) is 3.73. The monoisotopic (exact) mass is 240 g/mol. The molecule has 3 rings (SSSR count). The number of hydrogen-bond acceptors (Lipinski definition) is 3. The van der Waals surface area contributed by atoms with Crippen LogP contribution in [-0.4, -0.2) is 10.1 Å². The molecule has 3 nitrogen and oxygen atoms in total. The summed E-state index contributed by atoms with van der Waals surface area (Å²) in [6.07, 6.45) is 4.32. The van der Waals surface area contributed by atoms with Crippen LogP contribution in [0.15, 0.2) is 42.6 Å². The van der Waals surface area contributed by atoms with Gasteiger partial charge in [-0.15, -0.1) is 0 Å². The first-order valence-corrected chi connectivity index (χ1v) is 6.23. The molecule has 1 unspecified atom stereocenters. The predicted octanol–water partition coefficient (Wildman–Crippen LogP) is 2.24. The number of aliphatic hydroxyl groups is 1. The molecule has 1 aromatic heterocycles. The summed E-state index contributed by atoms with van der Waals surface area (Å²) < 4.78 is 0. The molecule has 1 aliphatic rings. The number of hydrogen-bond donors (Lipinski definition) is 2. The molecule has 0 saturated carbocycles. The standard InChI is InChI=1S/C15H16N2O/c16-14-13(8-4-10-17-14)15(18)9-3-6-11-5-1-2-7-12(11)15/h1-2,4-5,7-8,10,18H,3,6,9H2,(H2,16,17). The molecule has 0 bridgehead atoms. The van der Waals surface area contributed by atoms with Gasteiger partial charge in [-0.1, -0.05) is 30.3 Å². The maximum atomic E-state index is 11.1. The number of fused-ring (bicyclic) bond motifs is 1. The van der Waals surface area contributed by atoms with Crippen LogP contribution >= 0.6 is 0 Å². The van der Waals surface area contributed by atoms with E-state index in [2.05, 4.69) is 11.1 Å². The molecule has 0 amide bonds. The molecule has 1 aliphatic carbocycles. The number of aromatic nitrogens is 1. The molecule has 0 saturated heterocycles. The smallest absolute Gasteiger partial charge is 0.129 e. The van der Waals surface area contributed by atoms with Gasteiger partial charge < -0.3 is 10.8 Å². The van der Waals surface area contributed by atoms with Crippen LogP contribution in [0.3, 0.4) is 0 Å². The summed E-state index contributed by atoms with van der Waals surface area (Å²) in [5.74, 6) is 0.414. The third-order valence-electron chi connectivity index (χ3n) is 3.73. The van der Waals surface area contributed by atoms with Gasteiger partial charge in [-0.2, -0.15) is 0 Å². The van der Waals surface area contributed by atoms with E-state index in [0.29, 0.717) is 12.2 Å². The summed E-state index contributed by atoms with van der Waals surface area (Å²) in [7, 11) is 0. The SMILES string of the molecule is Nc1ncccc1C1(O)CCCc2ccccc21. The zero-order valence-corrected chi connectivity index (χ0v) is 10.1. The van der Waals surface area contributed by atoms with Gasteiger partial charge >= 0.3 is 0 Å². The number of nitrogens with zero attached hydrogens (tertiary/aromatic N) is 1. The second kappa shape index (κ2) is 4.10. The van der Waals surface area contributed by atoms with Gasteiger partial charge in [-0.05, 0) is 36.5 Å². The van der Waals surface area contributed by atoms with E-state index in [1.807, 2.05) is 30.3 Å². The lowest BCUT2D eigenvalue weighted by Gasteiger charge is -2.35. The Labute approximate surface area is 106 Å². The maximum absolute atomic E-state index is 11.1. The predicted molar refractivity (Wildman–Crippen MR) is 71.0 cm³/mol. The van der Waals surface area contributed by atoms with E-state index in [4.69, 9.17) is 5.73 Å². The van der Waals surface area contributed by atoms with Gasteiger partial charge in [0.25, 0.3) is 0 Å². The lowest BCUT2D eigenvalue weighted by atomic mass is 9.75. The summed E-state index contributed by atoms with van der Waals surface area (Å²) in [5, 5.41) is 11.1. The lowest BCUT2D eigenvalue weighted by Crippen LogP contribution is -2.32. The van der Waals surface area contributed by atoms with Crippen molar-refractivity contribution in [2.24, 2.45) is 0 Å². The first-order valence-electron chi connectivity index (χ1n) is 6.23. The number of rotatable bonds is 1. The largest absolute Gasteiger partial charge is 0.383 e. The Morgan fingerprint density at radius 3 is 2.72 bits per heavy atom. The summed E-state index contributed by atoms with van der Waals surface area (Å²) in [6.45, 7) is 0. The fourth-order valence-electron chi connectivity index (χ4n) is 2.86. The van der Waals surface area contributed by atoms with Gasteiger partial charge in [-0.3, -0.25) is 0 Å². The summed E-state index contributed by atoms with van der Waals surface area (Å²) >= 11 is 0.